The van der Waals surface area contributed by atoms with Crippen molar-refractivity contribution in [1.29, 1.82) is 10.5 Å². The van der Waals surface area contributed by atoms with E-state index in [-0.39, 0.29) is 31.6 Å². The SMILES string of the molecule is N#CCCN(CCC#N)C(=O)COC(=O)c1cc(Br)c[nH]1. The minimum Gasteiger partial charge on any atom is -0.451 e. The van der Waals surface area contributed by atoms with Crippen LogP contribution < -0.4 is 0 Å². The lowest BCUT2D eigenvalue weighted by Crippen LogP contribution is -2.36. The number of aromatic amines is 1. The van der Waals surface area contributed by atoms with Crippen LogP contribution in [-0.2, 0) is 9.53 Å². The van der Waals surface area contributed by atoms with Crippen LogP contribution in [0.2, 0.25) is 0 Å². The van der Waals surface area contributed by atoms with Gasteiger partial charge in [0.1, 0.15) is 5.69 Å². The molecular weight excluding hydrogens is 340 g/mol. The number of halogens is 1. The molecule has 0 bridgehead atoms. The Morgan fingerprint density at radius 3 is 2.38 bits per heavy atom. The van der Waals surface area contributed by atoms with Crippen LogP contribution in [0, 0.1) is 22.7 Å². The number of nitrogens with one attached hydrogen (secondary N) is 1. The largest absolute Gasteiger partial charge is 0.451 e. The Bertz CT molecular complexity index is 567. The third kappa shape index (κ3) is 5.67. The summed E-state index contributed by atoms with van der Waals surface area (Å²) in [5.41, 5.74) is 0.232. The van der Waals surface area contributed by atoms with Crippen molar-refractivity contribution in [2.24, 2.45) is 0 Å². The quantitative estimate of drug-likeness (QED) is 0.749. The molecule has 1 rings (SSSR count). The zero-order chi connectivity index (χ0) is 15.7. The summed E-state index contributed by atoms with van der Waals surface area (Å²) in [6.45, 7) is -0.00242. The Morgan fingerprint density at radius 1 is 1.29 bits per heavy atom. The molecule has 0 saturated carbocycles. The van der Waals surface area contributed by atoms with E-state index in [2.05, 4.69) is 20.9 Å². The first-order valence-corrected chi connectivity index (χ1v) is 6.90. The Balaban J connectivity index is 2.50. The first kappa shape index (κ1) is 16.7. The molecule has 1 aromatic rings. The molecule has 1 aromatic heterocycles. The fourth-order valence-electron chi connectivity index (χ4n) is 1.51. The van der Waals surface area contributed by atoms with Crippen LogP contribution in [0.1, 0.15) is 23.3 Å². The van der Waals surface area contributed by atoms with Gasteiger partial charge in [-0.25, -0.2) is 4.79 Å². The molecule has 7 nitrogen and oxygen atoms in total. The summed E-state index contributed by atoms with van der Waals surface area (Å²) in [4.78, 5) is 27.6. The van der Waals surface area contributed by atoms with Gasteiger partial charge in [0.15, 0.2) is 6.61 Å². The summed E-state index contributed by atoms with van der Waals surface area (Å²) in [5.74, 6) is -1.07. The number of rotatable bonds is 7. The van der Waals surface area contributed by atoms with E-state index in [1.807, 2.05) is 12.1 Å². The molecule has 0 atom stereocenters. The van der Waals surface area contributed by atoms with Gasteiger partial charge in [-0.2, -0.15) is 10.5 Å². The van der Waals surface area contributed by atoms with Crippen molar-refractivity contribution in [3.63, 3.8) is 0 Å². The maximum absolute atomic E-state index is 11.9. The van der Waals surface area contributed by atoms with Crippen molar-refractivity contribution in [3.05, 3.63) is 22.4 Å². The molecule has 8 heteroatoms. The molecule has 0 saturated heterocycles. The third-order valence-corrected chi connectivity index (χ3v) is 2.99. The molecule has 1 heterocycles. The van der Waals surface area contributed by atoms with Crippen molar-refractivity contribution in [2.75, 3.05) is 19.7 Å². The van der Waals surface area contributed by atoms with Crippen molar-refractivity contribution >= 4 is 27.8 Å². The topological polar surface area (TPSA) is 110 Å². The average molecular weight is 353 g/mol. The van der Waals surface area contributed by atoms with Crippen LogP contribution in [0.15, 0.2) is 16.7 Å². The Morgan fingerprint density at radius 2 is 1.90 bits per heavy atom. The molecule has 0 fully saturated rings. The van der Waals surface area contributed by atoms with Gasteiger partial charge in [-0.15, -0.1) is 0 Å². The van der Waals surface area contributed by atoms with E-state index in [0.29, 0.717) is 4.47 Å². The Hall–Kier alpha value is -2.32. The Kier molecular flexibility index (Phi) is 6.99. The summed E-state index contributed by atoms with van der Waals surface area (Å²) < 4.78 is 5.60. The van der Waals surface area contributed by atoms with Crippen LogP contribution in [0.5, 0.6) is 0 Å². The normalized spacial score (nSPS) is 9.48. The van der Waals surface area contributed by atoms with Crippen molar-refractivity contribution in [2.45, 2.75) is 12.8 Å². The number of H-pyrrole nitrogens is 1. The molecule has 110 valence electrons. The van der Waals surface area contributed by atoms with Crippen LogP contribution in [0.4, 0.5) is 0 Å². The maximum Gasteiger partial charge on any atom is 0.355 e. The minimum absolute atomic E-state index is 0.161. The van der Waals surface area contributed by atoms with Gasteiger partial charge < -0.3 is 14.6 Å². The lowest BCUT2D eigenvalue weighted by atomic mass is 10.3. The number of carbonyl (C=O) groups is 2. The molecule has 0 aliphatic heterocycles. The number of aromatic nitrogens is 1. The molecule has 0 radical (unpaired) electrons. The molecule has 1 amide bonds. The number of esters is 1. The number of carbonyl (C=O) groups excluding carboxylic acids is 2. The lowest BCUT2D eigenvalue weighted by molar-refractivity contribution is -0.134. The molecular formula is C13H13BrN4O3. The van der Waals surface area contributed by atoms with E-state index in [4.69, 9.17) is 15.3 Å². The van der Waals surface area contributed by atoms with Gasteiger partial charge in [0.05, 0.1) is 25.0 Å². The van der Waals surface area contributed by atoms with Gasteiger partial charge in [0, 0.05) is 23.8 Å². The van der Waals surface area contributed by atoms with Gasteiger partial charge in [0.25, 0.3) is 5.91 Å². The van der Waals surface area contributed by atoms with E-state index >= 15 is 0 Å². The fraction of sp³-hybridized carbons (Fsp3) is 0.385. The van der Waals surface area contributed by atoms with Gasteiger partial charge in [-0.3, -0.25) is 4.79 Å². The maximum atomic E-state index is 11.9. The number of amides is 1. The van der Waals surface area contributed by atoms with Crippen LogP contribution in [0.25, 0.3) is 0 Å². The molecule has 0 aliphatic carbocycles. The van der Waals surface area contributed by atoms with Crippen molar-refractivity contribution in [1.82, 2.24) is 9.88 Å². The number of nitriles is 2. The predicted octanol–water partition coefficient (Wildman–Crippen LogP) is 1.59. The highest BCUT2D eigenvalue weighted by Gasteiger charge is 2.16. The fourth-order valence-corrected chi connectivity index (χ4v) is 1.86. The zero-order valence-electron chi connectivity index (χ0n) is 11.1. The zero-order valence-corrected chi connectivity index (χ0v) is 12.7. The number of hydrogen-bond acceptors (Lipinski definition) is 5. The van der Waals surface area contributed by atoms with Crippen LogP contribution in [0.3, 0.4) is 0 Å². The molecule has 1 N–H and O–H groups in total. The highest BCUT2D eigenvalue weighted by Crippen LogP contribution is 2.11. The van der Waals surface area contributed by atoms with E-state index in [1.54, 1.807) is 6.20 Å². The lowest BCUT2D eigenvalue weighted by Gasteiger charge is -2.19. The molecule has 0 aliphatic rings. The first-order chi connectivity index (χ1) is 10.1. The van der Waals surface area contributed by atoms with Gasteiger partial charge in [-0.05, 0) is 22.0 Å². The van der Waals surface area contributed by atoms with E-state index in [9.17, 15) is 9.59 Å². The number of nitrogens with zero attached hydrogens (tertiary/aromatic N) is 3. The highest BCUT2D eigenvalue weighted by molar-refractivity contribution is 9.10. The van der Waals surface area contributed by atoms with Crippen molar-refractivity contribution < 1.29 is 14.3 Å². The third-order valence-electron chi connectivity index (χ3n) is 2.53. The average Bonchev–Trinajstić information content (AvgIpc) is 2.91. The summed E-state index contributed by atoms with van der Waals surface area (Å²) in [6, 6.07) is 5.39. The molecule has 0 unspecified atom stereocenters. The highest BCUT2D eigenvalue weighted by atomic mass is 79.9. The predicted molar refractivity (Wildman–Crippen MR) is 75.8 cm³/mol. The van der Waals surface area contributed by atoms with Crippen molar-refractivity contribution in [3.8, 4) is 12.1 Å². The van der Waals surface area contributed by atoms with E-state index in [0.717, 1.165) is 0 Å². The minimum atomic E-state index is -0.644. The Labute approximate surface area is 130 Å². The summed E-state index contributed by atoms with van der Waals surface area (Å²) >= 11 is 3.19. The molecule has 21 heavy (non-hydrogen) atoms. The molecule has 0 aromatic carbocycles. The second kappa shape index (κ2) is 8.77. The van der Waals surface area contributed by atoms with Crippen LogP contribution in [-0.4, -0.2) is 41.5 Å². The van der Waals surface area contributed by atoms with E-state index in [1.165, 1.54) is 11.0 Å². The second-order valence-electron chi connectivity index (χ2n) is 4.00. The summed E-state index contributed by atoms with van der Waals surface area (Å²) in [6.07, 6.45) is 1.90. The number of ether oxygens (including phenoxy) is 1. The van der Waals surface area contributed by atoms with Gasteiger partial charge in [-0.1, -0.05) is 0 Å². The standard InChI is InChI=1S/C13H13BrN4O3/c14-10-7-11(17-8-10)13(20)21-9-12(19)18(5-1-3-15)6-2-4-16/h7-8,17H,1-2,5-6,9H2. The second-order valence-corrected chi connectivity index (χ2v) is 4.92. The van der Waals surface area contributed by atoms with Gasteiger partial charge in [0.2, 0.25) is 0 Å². The van der Waals surface area contributed by atoms with Crippen LogP contribution >= 0.6 is 15.9 Å². The number of hydrogen-bond donors (Lipinski definition) is 1. The monoisotopic (exact) mass is 352 g/mol. The smallest absolute Gasteiger partial charge is 0.355 e. The first-order valence-electron chi connectivity index (χ1n) is 6.11. The summed E-state index contributed by atoms with van der Waals surface area (Å²) in [7, 11) is 0. The van der Waals surface area contributed by atoms with E-state index < -0.39 is 18.5 Å². The van der Waals surface area contributed by atoms with Gasteiger partial charge >= 0.3 is 5.97 Å². The molecule has 0 spiro atoms. The summed E-state index contributed by atoms with van der Waals surface area (Å²) in [5, 5.41) is 17.1.